The third kappa shape index (κ3) is 2.41. The molecule has 2 heterocycles. The highest BCUT2D eigenvalue weighted by atomic mass is 35.5. The van der Waals surface area contributed by atoms with E-state index in [2.05, 4.69) is 9.97 Å². The molecule has 5 nitrogen and oxygen atoms in total. The monoisotopic (exact) mass is 241 g/mol. The largest absolute Gasteiger partial charge is 0.477 e. The number of piperidine rings is 1. The fourth-order valence-electron chi connectivity index (χ4n) is 1.75. The van der Waals surface area contributed by atoms with Crippen molar-refractivity contribution in [2.75, 3.05) is 18.0 Å². The van der Waals surface area contributed by atoms with E-state index in [0.29, 0.717) is 5.95 Å². The van der Waals surface area contributed by atoms with Crippen LogP contribution in [-0.2, 0) is 0 Å². The van der Waals surface area contributed by atoms with Gasteiger partial charge in [0.05, 0.1) is 0 Å². The van der Waals surface area contributed by atoms with Crippen molar-refractivity contribution < 1.29 is 9.90 Å². The third-order valence-electron chi connectivity index (χ3n) is 2.54. The number of aromatic nitrogens is 2. The summed E-state index contributed by atoms with van der Waals surface area (Å²) in [4.78, 5) is 20.8. The summed E-state index contributed by atoms with van der Waals surface area (Å²) in [5.41, 5.74) is -0.0550. The lowest BCUT2D eigenvalue weighted by molar-refractivity contribution is 0.0690. The van der Waals surface area contributed by atoms with Crippen molar-refractivity contribution >= 4 is 23.5 Å². The molecule has 1 aromatic heterocycles. The quantitative estimate of drug-likeness (QED) is 0.800. The Labute approximate surface area is 98.1 Å². The van der Waals surface area contributed by atoms with Crippen molar-refractivity contribution in [3.8, 4) is 0 Å². The van der Waals surface area contributed by atoms with Gasteiger partial charge >= 0.3 is 5.97 Å². The number of anilines is 1. The standard InChI is InChI=1S/C10H12ClN3O2/c11-8-6-7(9(15)16)12-10(13-8)14-4-2-1-3-5-14/h6H,1-5H2,(H,15,16). The molecule has 0 bridgehead atoms. The van der Waals surface area contributed by atoms with Gasteiger partial charge in [0.25, 0.3) is 0 Å². The molecule has 0 radical (unpaired) electrons. The number of rotatable bonds is 2. The van der Waals surface area contributed by atoms with E-state index in [1.165, 1.54) is 12.5 Å². The molecule has 0 saturated carbocycles. The van der Waals surface area contributed by atoms with Crippen LogP contribution in [0.15, 0.2) is 6.07 Å². The zero-order valence-corrected chi connectivity index (χ0v) is 9.44. The Morgan fingerprint density at radius 2 is 2.00 bits per heavy atom. The van der Waals surface area contributed by atoms with Gasteiger partial charge in [-0.1, -0.05) is 11.6 Å². The van der Waals surface area contributed by atoms with Gasteiger partial charge in [-0.2, -0.15) is 0 Å². The van der Waals surface area contributed by atoms with Crippen LogP contribution in [0.5, 0.6) is 0 Å². The molecule has 1 aromatic rings. The zero-order chi connectivity index (χ0) is 11.5. The summed E-state index contributed by atoms with van der Waals surface area (Å²) in [5.74, 6) is -0.660. The zero-order valence-electron chi connectivity index (χ0n) is 8.69. The van der Waals surface area contributed by atoms with Gasteiger partial charge in [-0.25, -0.2) is 14.8 Å². The molecule has 0 aliphatic carbocycles. The van der Waals surface area contributed by atoms with E-state index < -0.39 is 5.97 Å². The smallest absolute Gasteiger partial charge is 0.354 e. The molecule has 0 amide bonds. The Kier molecular flexibility index (Phi) is 3.24. The van der Waals surface area contributed by atoms with Crippen LogP contribution in [0.25, 0.3) is 0 Å². The van der Waals surface area contributed by atoms with Crippen molar-refractivity contribution in [2.45, 2.75) is 19.3 Å². The summed E-state index contributed by atoms with van der Waals surface area (Å²) in [6.07, 6.45) is 3.36. The average molecular weight is 242 g/mol. The van der Waals surface area contributed by atoms with E-state index in [0.717, 1.165) is 25.9 Å². The Bertz CT molecular complexity index is 405. The number of carboxylic acids is 1. The number of carboxylic acid groups (broad SMARTS) is 1. The molecule has 0 spiro atoms. The predicted octanol–water partition coefficient (Wildman–Crippen LogP) is 1.82. The molecule has 0 atom stereocenters. The summed E-state index contributed by atoms with van der Waals surface area (Å²) < 4.78 is 0. The van der Waals surface area contributed by atoms with Gasteiger partial charge in [0.1, 0.15) is 5.15 Å². The van der Waals surface area contributed by atoms with Crippen molar-refractivity contribution in [3.05, 3.63) is 16.9 Å². The normalized spacial score (nSPS) is 16.2. The Morgan fingerprint density at radius 3 is 2.62 bits per heavy atom. The average Bonchev–Trinajstić information content (AvgIpc) is 2.29. The number of nitrogens with zero attached hydrogens (tertiary/aromatic N) is 3. The maximum absolute atomic E-state index is 10.8. The minimum absolute atomic E-state index is 0.0550. The van der Waals surface area contributed by atoms with E-state index >= 15 is 0 Å². The molecular formula is C10H12ClN3O2. The van der Waals surface area contributed by atoms with E-state index in [-0.39, 0.29) is 10.8 Å². The van der Waals surface area contributed by atoms with E-state index in [9.17, 15) is 4.79 Å². The van der Waals surface area contributed by atoms with Crippen LogP contribution < -0.4 is 4.90 Å². The topological polar surface area (TPSA) is 66.3 Å². The minimum Gasteiger partial charge on any atom is -0.477 e. The fraction of sp³-hybridized carbons (Fsp3) is 0.500. The molecule has 1 aliphatic heterocycles. The van der Waals surface area contributed by atoms with Gasteiger partial charge in [-0.15, -0.1) is 0 Å². The van der Waals surface area contributed by atoms with Crippen molar-refractivity contribution in [1.82, 2.24) is 9.97 Å². The molecule has 0 unspecified atom stereocenters. The lowest BCUT2D eigenvalue weighted by atomic mass is 10.1. The van der Waals surface area contributed by atoms with Crippen LogP contribution >= 0.6 is 11.6 Å². The molecule has 1 aliphatic rings. The van der Waals surface area contributed by atoms with E-state index in [4.69, 9.17) is 16.7 Å². The highest BCUT2D eigenvalue weighted by molar-refractivity contribution is 6.29. The Balaban J connectivity index is 2.28. The first kappa shape index (κ1) is 11.1. The minimum atomic E-state index is -1.08. The summed E-state index contributed by atoms with van der Waals surface area (Å²) in [7, 11) is 0. The lowest BCUT2D eigenvalue weighted by Crippen LogP contribution is -2.31. The van der Waals surface area contributed by atoms with Crippen LogP contribution in [0.1, 0.15) is 29.8 Å². The summed E-state index contributed by atoms with van der Waals surface area (Å²) in [6, 6.07) is 1.26. The van der Waals surface area contributed by atoms with Gasteiger partial charge in [0, 0.05) is 19.2 Å². The second-order valence-electron chi connectivity index (χ2n) is 3.73. The number of hydrogen-bond acceptors (Lipinski definition) is 4. The summed E-state index contributed by atoms with van der Waals surface area (Å²) in [6.45, 7) is 1.72. The van der Waals surface area contributed by atoms with Gasteiger partial charge in [0.15, 0.2) is 5.69 Å². The highest BCUT2D eigenvalue weighted by Gasteiger charge is 2.16. The maximum Gasteiger partial charge on any atom is 0.354 e. The predicted molar refractivity (Wildman–Crippen MR) is 60.1 cm³/mol. The van der Waals surface area contributed by atoms with Crippen LogP contribution in [0.3, 0.4) is 0 Å². The first-order valence-corrected chi connectivity index (χ1v) is 5.57. The second kappa shape index (κ2) is 4.65. The fourth-order valence-corrected chi connectivity index (χ4v) is 1.93. The molecular weight excluding hydrogens is 230 g/mol. The lowest BCUT2D eigenvalue weighted by Gasteiger charge is -2.26. The highest BCUT2D eigenvalue weighted by Crippen LogP contribution is 2.18. The van der Waals surface area contributed by atoms with Gasteiger partial charge in [-0.05, 0) is 19.3 Å². The van der Waals surface area contributed by atoms with Gasteiger partial charge in [-0.3, -0.25) is 0 Å². The first-order chi connectivity index (χ1) is 7.66. The van der Waals surface area contributed by atoms with Gasteiger partial charge < -0.3 is 10.0 Å². The van der Waals surface area contributed by atoms with Crippen LogP contribution in [0, 0.1) is 0 Å². The van der Waals surface area contributed by atoms with Crippen molar-refractivity contribution in [2.24, 2.45) is 0 Å². The van der Waals surface area contributed by atoms with Crippen molar-refractivity contribution in [1.29, 1.82) is 0 Å². The Hall–Kier alpha value is -1.36. The first-order valence-electron chi connectivity index (χ1n) is 5.19. The molecule has 86 valence electrons. The maximum atomic E-state index is 10.8. The summed E-state index contributed by atoms with van der Waals surface area (Å²) >= 11 is 5.77. The van der Waals surface area contributed by atoms with Crippen LogP contribution in [0.4, 0.5) is 5.95 Å². The van der Waals surface area contributed by atoms with Gasteiger partial charge in [0.2, 0.25) is 5.95 Å². The molecule has 16 heavy (non-hydrogen) atoms. The number of halogens is 1. The molecule has 6 heteroatoms. The SMILES string of the molecule is O=C(O)c1cc(Cl)nc(N2CCCCC2)n1. The van der Waals surface area contributed by atoms with Crippen molar-refractivity contribution in [3.63, 3.8) is 0 Å². The number of aromatic carboxylic acids is 1. The van der Waals surface area contributed by atoms with E-state index in [1.54, 1.807) is 0 Å². The second-order valence-corrected chi connectivity index (χ2v) is 4.12. The van der Waals surface area contributed by atoms with Crippen LogP contribution in [-0.4, -0.2) is 34.1 Å². The molecule has 1 N–H and O–H groups in total. The number of hydrogen-bond donors (Lipinski definition) is 1. The molecule has 2 rings (SSSR count). The number of carbonyl (C=O) groups is 1. The molecule has 1 fully saturated rings. The van der Waals surface area contributed by atoms with E-state index in [1.807, 2.05) is 4.90 Å². The molecule has 0 aromatic carbocycles. The van der Waals surface area contributed by atoms with Crippen LogP contribution in [0.2, 0.25) is 5.15 Å². The summed E-state index contributed by atoms with van der Waals surface area (Å²) in [5, 5.41) is 9.04. The Morgan fingerprint density at radius 1 is 1.31 bits per heavy atom. The molecule has 1 saturated heterocycles. The third-order valence-corrected chi connectivity index (χ3v) is 2.73.